The summed E-state index contributed by atoms with van der Waals surface area (Å²) in [6.45, 7) is 2.06. The molecule has 1 aromatic rings. The Bertz CT molecular complexity index is 332. The molecule has 1 saturated carbocycles. The SMILES string of the molecule is Cc1cc(C2CCCC2)nc(CCS)n1. The van der Waals surface area contributed by atoms with Gasteiger partial charge in [-0.1, -0.05) is 12.8 Å². The second-order valence-electron chi connectivity index (χ2n) is 4.31. The fraction of sp³-hybridized carbons (Fsp3) is 0.667. The summed E-state index contributed by atoms with van der Waals surface area (Å²) in [5.41, 5.74) is 2.36. The minimum atomic E-state index is 0.686. The first-order valence-corrected chi connectivity index (χ1v) is 6.38. The molecule has 0 radical (unpaired) electrons. The zero-order valence-corrected chi connectivity index (χ0v) is 10.1. The van der Waals surface area contributed by atoms with Crippen molar-refractivity contribution in [2.24, 2.45) is 0 Å². The minimum absolute atomic E-state index is 0.686. The standard InChI is InChI=1S/C12H18N2S/c1-9-8-11(10-4-2-3-5-10)14-12(13-9)6-7-15/h8,10,15H,2-7H2,1H3. The molecular weight excluding hydrogens is 204 g/mol. The molecular formula is C12H18N2S. The van der Waals surface area contributed by atoms with Crippen molar-refractivity contribution in [1.29, 1.82) is 0 Å². The van der Waals surface area contributed by atoms with E-state index < -0.39 is 0 Å². The Morgan fingerprint density at radius 1 is 1.33 bits per heavy atom. The van der Waals surface area contributed by atoms with Crippen LogP contribution < -0.4 is 0 Å². The van der Waals surface area contributed by atoms with Crippen molar-refractivity contribution in [2.75, 3.05) is 5.75 Å². The minimum Gasteiger partial charge on any atom is -0.238 e. The van der Waals surface area contributed by atoms with Crippen molar-refractivity contribution >= 4 is 12.6 Å². The van der Waals surface area contributed by atoms with E-state index in [0.717, 1.165) is 23.7 Å². The first-order valence-electron chi connectivity index (χ1n) is 5.75. The molecule has 0 aliphatic heterocycles. The topological polar surface area (TPSA) is 25.8 Å². The van der Waals surface area contributed by atoms with Gasteiger partial charge < -0.3 is 0 Å². The van der Waals surface area contributed by atoms with Crippen LogP contribution >= 0.6 is 12.6 Å². The van der Waals surface area contributed by atoms with Gasteiger partial charge >= 0.3 is 0 Å². The molecule has 2 rings (SSSR count). The van der Waals surface area contributed by atoms with E-state index in [9.17, 15) is 0 Å². The zero-order valence-electron chi connectivity index (χ0n) is 9.24. The fourth-order valence-electron chi connectivity index (χ4n) is 2.30. The highest BCUT2D eigenvalue weighted by Crippen LogP contribution is 2.33. The van der Waals surface area contributed by atoms with E-state index in [-0.39, 0.29) is 0 Å². The van der Waals surface area contributed by atoms with Gasteiger partial charge in [-0.3, -0.25) is 0 Å². The first-order chi connectivity index (χ1) is 7.29. The Morgan fingerprint density at radius 3 is 2.73 bits per heavy atom. The molecule has 15 heavy (non-hydrogen) atoms. The monoisotopic (exact) mass is 222 g/mol. The number of aryl methyl sites for hydroxylation is 2. The fourth-order valence-corrected chi connectivity index (χ4v) is 2.50. The summed E-state index contributed by atoms with van der Waals surface area (Å²) in [7, 11) is 0. The molecule has 1 aliphatic rings. The first kappa shape index (κ1) is 10.9. The lowest BCUT2D eigenvalue weighted by molar-refractivity contribution is 0.682. The van der Waals surface area contributed by atoms with Crippen LogP contribution in [0.2, 0.25) is 0 Å². The molecule has 0 unspecified atom stereocenters. The highest BCUT2D eigenvalue weighted by atomic mass is 32.1. The van der Waals surface area contributed by atoms with E-state index >= 15 is 0 Å². The lowest BCUT2D eigenvalue weighted by atomic mass is 10.0. The van der Waals surface area contributed by atoms with Crippen molar-refractivity contribution in [3.05, 3.63) is 23.3 Å². The molecule has 1 aliphatic carbocycles. The third kappa shape index (κ3) is 2.71. The van der Waals surface area contributed by atoms with Crippen molar-refractivity contribution < 1.29 is 0 Å². The largest absolute Gasteiger partial charge is 0.238 e. The summed E-state index contributed by atoms with van der Waals surface area (Å²) in [4.78, 5) is 9.08. The van der Waals surface area contributed by atoms with Crippen LogP contribution in [0.1, 0.15) is 48.8 Å². The maximum Gasteiger partial charge on any atom is 0.129 e. The summed E-state index contributed by atoms with van der Waals surface area (Å²) in [5.74, 6) is 2.48. The lowest BCUT2D eigenvalue weighted by Crippen LogP contribution is -2.05. The molecule has 0 bridgehead atoms. The molecule has 3 heteroatoms. The van der Waals surface area contributed by atoms with Gasteiger partial charge in [-0.25, -0.2) is 9.97 Å². The highest BCUT2D eigenvalue weighted by molar-refractivity contribution is 7.80. The Labute approximate surface area is 96.9 Å². The Kier molecular flexibility index (Phi) is 3.62. The second kappa shape index (κ2) is 4.97. The summed E-state index contributed by atoms with van der Waals surface area (Å²) in [5, 5.41) is 0. The summed E-state index contributed by atoms with van der Waals surface area (Å²) in [6, 6.07) is 2.15. The number of hydrogen-bond acceptors (Lipinski definition) is 3. The van der Waals surface area contributed by atoms with E-state index in [1.165, 1.54) is 31.4 Å². The molecule has 0 spiro atoms. The quantitative estimate of drug-likeness (QED) is 0.796. The molecule has 1 aromatic heterocycles. The van der Waals surface area contributed by atoms with E-state index in [2.05, 4.69) is 35.6 Å². The van der Waals surface area contributed by atoms with Crippen LogP contribution in [0.15, 0.2) is 6.07 Å². The van der Waals surface area contributed by atoms with E-state index in [0.29, 0.717) is 5.92 Å². The molecule has 2 nitrogen and oxygen atoms in total. The predicted molar refractivity (Wildman–Crippen MR) is 65.5 cm³/mol. The molecule has 82 valence electrons. The number of hydrogen-bond donors (Lipinski definition) is 1. The zero-order chi connectivity index (χ0) is 10.7. The number of nitrogens with zero attached hydrogens (tertiary/aromatic N) is 2. The number of thiol groups is 1. The molecule has 0 atom stereocenters. The second-order valence-corrected chi connectivity index (χ2v) is 4.75. The third-order valence-corrected chi connectivity index (χ3v) is 3.25. The van der Waals surface area contributed by atoms with Crippen molar-refractivity contribution in [1.82, 2.24) is 9.97 Å². The number of rotatable bonds is 3. The summed E-state index contributed by atoms with van der Waals surface area (Å²) < 4.78 is 0. The molecule has 0 amide bonds. The van der Waals surface area contributed by atoms with Crippen molar-refractivity contribution in [3.8, 4) is 0 Å². The Balaban J connectivity index is 2.22. The van der Waals surface area contributed by atoms with Gasteiger partial charge in [0.25, 0.3) is 0 Å². The summed E-state index contributed by atoms with van der Waals surface area (Å²) >= 11 is 4.23. The van der Waals surface area contributed by atoms with Crippen LogP contribution in [0.25, 0.3) is 0 Å². The van der Waals surface area contributed by atoms with Crippen LogP contribution in [0.5, 0.6) is 0 Å². The van der Waals surface area contributed by atoms with Gasteiger partial charge in [-0.15, -0.1) is 0 Å². The molecule has 0 N–H and O–H groups in total. The molecule has 1 heterocycles. The highest BCUT2D eigenvalue weighted by Gasteiger charge is 2.19. The van der Waals surface area contributed by atoms with Crippen LogP contribution in [0, 0.1) is 6.92 Å². The van der Waals surface area contributed by atoms with E-state index in [1.54, 1.807) is 0 Å². The Hall–Kier alpha value is -0.570. The average Bonchev–Trinajstić information content (AvgIpc) is 2.70. The van der Waals surface area contributed by atoms with Gasteiger partial charge in [-0.2, -0.15) is 12.6 Å². The lowest BCUT2D eigenvalue weighted by Gasteiger charge is -2.10. The average molecular weight is 222 g/mol. The van der Waals surface area contributed by atoms with Crippen molar-refractivity contribution in [3.63, 3.8) is 0 Å². The molecule has 0 saturated heterocycles. The van der Waals surface area contributed by atoms with Gasteiger partial charge in [0.2, 0.25) is 0 Å². The maximum absolute atomic E-state index is 4.65. The van der Waals surface area contributed by atoms with E-state index in [1.807, 2.05) is 0 Å². The Morgan fingerprint density at radius 2 is 2.07 bits per heavy atom. The maximum atomic E-state index is 4.65. The van der Waals surface area contributed by atoms with Gasteiger partial charge in [0.05, 0.1) is 0 Å². The van der Waals surface area contributed by atoms with E-state index in [4.69, 9.17) is 0 Å². The van der Waals surface area contributed by atoms with Crippen LogP contribution in [-0.2, 0) is 6.42 Å². The van der Waals surface area contributed by atoms with Crippen LogP contribution in [-0.4, -0.2) is 15.7 Å². The van der Waals surface area contributed by atoms with Gasteiger partial charge in [0, 0.05) is 23.7 Å². The number of aromatic nitrogens is 2. The molecule has 1 fully saturated rings. The third-order valence-electron chi connectivity index (χ3n) is 3.03. The normalized spacial score (nSPS) is 17.2. The van der Waals surface area contributed by atoms with Gasteiger partial charge in [-0.05, 0) is 31.6 Å². The predicted octanol–water partition coefficient (Wildman–Crippen LogP) is 2.91. The van der Waals surface area contributed by atoms with Crippen molar-refractivity contribution in [2.45, 2.75) is 44.9 Å². The van der Waals surface area contributed by atoms with Crippen LogP contribution in [0.4, 0.5) is 0 Å². The smallest absolute Gasteiger partial charge is 0.129 e. The van der Waals surface area contributed by atoms with Crippen LogP contribution in [0.3, 0.4) is 0 Å². The van der Waals surface area contributed by atoms with Gasteiger partial charge in [0.1, 0.15) is 5.82 Å². The van der Waals surface area contributed by atoms with Gasteiger partial charge in [0.15, 0.2) is 0 Å². The summed E-state index contributed by atoms with van der Waals surface area (Å²) in [6.07, 6.45) is 6.20. The molecule has 0 aromatic carbocycles.